The number of benzene rings is 1. The molecule has 110 valence electrons. The number of aliphatic hydroxyl groups is 2. The molecule has 0 aliphatic heterocycles. The molecule has 0 aliphatic carbocycles. The minimum atomic E-state index is -4.85. The number of carboxylic acid groups (broad SMARTS) is 1. The highest BCUT2D eigenvalue weighted by atomic mass is 19.4. The SMILES string of the molecule is NC(=O)C(O)C(O)c1cc(C(=O)O)cc(C(F)(F)F)c1. The molecular weight excluding hydrogens is 283 g/mol. The summed E-state index contributed by atoms with van der Waals surface area (Å²) in [6, 6.07) is 1.52. The normalized spacial score (nSPS) is 14.7. The van der Waals surface area contributed by atoms with Crippen LogP contribution in [0, 0.1) is 0 Å². The van der Waals surface area contributed by atoms with Crippen LogP contribution in [0.1, 0.15) is 27.6 Å². The number of primary amides is 1. The molecule has 1 aromatic carbocycles. The number of amides is 1. The van der Waals surface area contributed by atoms with E-state index in [1.165, 1.54) is 0 Å². The standard InChI is InChI=1S/C11H10F3NO5/c12-11(13,14)6-2-4(1-5(3-6)10(19)20)7(16)8(17)9(15)18/h1-3,7-8,16-17H,(H2,15,18)(H,19,20). The fraction of sp³-hybridized carbons (Fsp3) is 0.273. The van der Waals surface area contributed by atoms with Crippen LogP contribution < -0.4 is 5.73 Å². The van der Waals surface area contributed by atoms with Gasteiger partial charge in [-0.1, -0.05) is 0 Å². The number of halogens is 3. The maximum atomic E-state index is 12.6. The van der Waals surface area contributed by atoms with E-state index in [1.54, 1.807) is 0 Å². The number of carbonyl (C=O) groups is 2. The molecule has 0 saturated carbocycles. The first-order valence-electron chi connectivity index (χ1n) is 5.15. The number of aromatic carboxylic acids is 1. The Kier molecular flexibility index (Phi) is 4.36. The van der Waals surface area contributed by atoms with Gasteiger partial charge in [-0.2, -0.15) is 13.2 Å². The van der Waals surface area contributed by atoms with Gasteiger partial charge in [0.15, 0.2) is 6.10 Å². The molecule has 2 atom stereocenters. The van der Waals surface area contributed by atoms with Gasteiger partial charge in [0.25, 0.3) is 0 Å². The van der Waals surface area contributed by atoms with E-state index < -0.39 is 47.0 Å². The highest BCUT2D eigenvalue weighted by Gasteiger charge is 2.33. The van der Waals surface area contributed by atoms with E-state index in [4.69, 9.17) is 10.8 Å². The molecule has 6 nitrogen and oxygen atoms in total. The van der Waals surface area contributed by atoms with Crippen LogP contribution in [0.5, 0.6) is 0 Å². The minimum absolute atomic E-state index is 0.370. The molecule has 5 N–H and O–H groups in total. The van der Waals surface area contributed by atoms with Crippen LogP contribution in [0.3, 0.4) is 0 Å². The summed E-state index contributed by atoms with van der Waals surface area (Å²) in [6.45, 7) is 0. The van der Waals surface area contributed by atoms with Crippen LogP contribution in [-0.4, -0.2) is 33.3 Å². The number of carbonyl (C=O) groups excluding carboxylic acids is 1. The topological polar surface area (TPSA) is 121 Å². The van der Waals surface area contributed by atoms with Crippen molar-refractivity contribution < 1.29 is 38.1 Å². The number of carboxylic acids is 1. The molecule has 0 bridgehead atoms. The molecule has 20 heavy (non-hydrogen) atoms. The first-order chi connectivity index (χ1) is 9.04. The maximum Gasteiger partial charge on any atom is 0.416 e. The molecular formula is C11H10F3NO5. The smallest absolute Gasteiger partial charge is 0.416 e. The third-order valence-electron chi connectivity index (χ3n) is 2.46. The van der Waals surface area contributed by atoms with E-state index in [1.807, 2.05) is 0 Å². The number of hydrogen-bond acceptors (Lipinski definition) is 4. The zero-order valence-corrected chi connectivity index (χ0v) is 9.76. The van der Waals surface area contributed by atoms with Gasteiger partial charge in [0.1, 0.15) is 6.10 Å². The summed E-state index contributed by atoms with van der Waals surface area (Å²) in [7, 11) is 0. The number of nitrogens with two attached hydrogens (primary N) is 1. The lowest BCUT2D eigenvalue weighted by Gasteiger charge is -2.17. The van der Waals surface area contributed by atoms with Gasteiger partial charge in [-0.25, -0.2) is 4.79 Å². The molecule has 0 fully saturated rings. The lowest BCUT2D eigenvalue weighted by molar-refractivity contribution is -0.137. The zero-order valence-electron chi connectivity index (χ0n) is 9.76. The van der Waals surface area contributed by atoms with Crippen molar-refractivity contribution in [2.75, 3.05) is 0 Å². The lowest BCUT2D eigenvalue weighted by atomic mass is 9.98. The molecule has 0 aromatic heterocycles. The summed E-state index contributed by atoms with van der Waals surface area (Å²) in [5, 5.41) is 27.5. The van der Waals surface area contributed by atoms with Crippen molar-refractivity contribution in [1.82, 2.24) is 0 Å². The van der Waals surface area contributed by atoms with Crippen molar-refractivity contribution in [3.05, 3.63) is 34.9 Å². The maximum absolute atomic E-state index is 12.6. The van der Waals surface area contributed by atoms with Crippen LogP contribution in [0.2, 0.25) is 0 Å². The molecule has 0 aliphatic rings. The Bertz CT molecular complexity index is 543. The first kappa shape index (κ1) is 15.9. The van der Waals surface area contributed by atoms with Crippen molar-refractivity contribution in [2.24, 2.45) is 5.73 Å². The van der Waals surface area contributed by atoms with E-state index in [0.717, 1.165) is 0 Å². The Balaban J connectivity index is 3.36. The van der Waals surface area contributed by atoms with Gasteiger partial charge in [0, 0.05) is 0 Å². The quantitative estimate of drug-likeness (QED) is 0.635. The van der Waals surface area contributed by atoms with Crippen LogP contribution in [0.25, 0.3) is 0 Å². The van der Waals surface area contributed by atoms with Gasteiger partial charge in [-0.05, 0) is 23.8 Å². The second-order valence-electron chi connectivity index (χ2n) is 3.94. The third kappa shape index (κ3) is 3.45. The van der Waals surface area contributed by atoms with Gasteiger partial charge in [0.05, 0.1) is 11.1 Å². The van der Waals surface area contributed by atoms with Crippen molar-refractivity contribution in [3.8, 4) is 0 Å². The molecule has 0 spiro atoms. The Morgan fingerprint density at radius 2 is 1.70 bits per heavy atom. The monoisotopic (exact) mass is 293 g/mol. The summed E-state index contributed by atoms with van der Waals surface area (Å²) in [6.07, 6.45) is -9.06. The van der Waals surface area contributed by atoms with Crippen molar-refractivity contribution in [2.45, 2.75) is 18.4 Å². The van der Waals surface area contributed by atoms with Crippen LogP contribution >= 0.6 is 0 Å². The fourth-order valence-corrected chi connectivity index (χ4v) is 1.45. The van der Waals surface area contributed by atoms with Crippen molar-refractivity contribution in [3.63, 3.8) is 0 Å². The van der Waals surface area contributed by atoms with Gasteiger partial charge in [-0.3, -0.25) is 4.79 Å². The van der Waals surface area contributed by atoms with Gasteiger partial charge in [0.2, 0.25) is 5.91 Å². The average Bonchev–Trinajstić information content (AvgIpc) is 2.35. The van der Waals surface area contributed by atoms with E-state index in [0.29, 0.717) is 18.2 Å². The fourth-order valence-electron chi connectivity index (χ4n) is 1.45. The lowest BCUT2D eigenvalue weighted by Crippen LogP contribution is -2.34. The summed E-state index contributed by atoms with van der Waals surface area (Å²) < 4.78 is 37.8. The molecule has 0 saturated heterocycles. The minimum Gasteiger partial charge on any atom is -0.478 e. The van der Waals surface area contributed by atoms with Crippen LogP contribution in [0.4, 0.5) is 13.2 Å². The molecule has 0 radical (unpaired) electrons. The number of hydrogen-bond donors (Lipinski definition) is 4. The second-order valence-corrected chi connectivity index (χ2v) is 3.94. The number of rotatable bonds is 4. The Hall–Kier alpha value is -2.13. The second kappa shape index (κ2) is 5.47. The molecule has 9 heteroatoms. The van der Waals surface area contributed by atoms with Crippen LogP contribution in [-0.2, 0) is 11.0 Å². The molecule has 2 unspecified atom stereocenters. The number of aliphatic hydroxyl groups excluding tert-OH is 2. The molecule has 1 aromatic rings. The van der Waals surface area contributed by atoms with Crippen molar-refractivity contribution in [1.29, 1.82) is 0 Å². The zero-order chi connectivity index (χ0) is 15.7. The first-order valence-corrected chi connectivity index (χ1v) is 5.15. The largest absolute Gasteiger partial charge is 0.478 e. The van der Waals surface area contributed by atoms with Gasteiger partial charge >= 0.3 is 12.1 Å². The number of alkyl halides is 3. The third-order valence-corrected chi connectivity index (χ3v) is 2.46. The van der Waals surface area contributed by atoms with E-state index in [-0.39, 0.29) is 0 Å². The Morgan fingerprint density at radius 1 is 1.15 bits per heavy atom. The average molecular weight is 293 g/mol. The predicted molar refractivity (Wildman–Crippen MR) is 58.6 cm³/mol. The summed E-state index contributed by atoms with van der Waals surface area (Å²) in [5.41, 5.74) is 2.05. The van der Waals surface area contributed by atoms with Crippen LogP contribution in [0.15, 0.2) is 18.2 Å². The van der Waals surface area contributed by atoms with E-state index >= 15 is 0 Å². The molecule has 1 rings (SSSR count). The summed E-state index contributed by atoms with van der Waals surface area (Å²) in [4.78, 5) is 21.4. The Morgan fingerprint density at radius 3 is 2.10 bits per heavy atom. The molecule has 1 amide bonds. The highest BCUT2D eigenvalue weighted by molar-refractivity contribution is 5.88. The summed E-state index contributed by atoms with van der Waals surface area (Å²) >= 11 is 0. The van der Waals surface area contributed by atoms with Gasteiger partial charge in [-0.15, -0.1) is 0 Å². The predicted octanol–water partition coefficient (Wildman–Crippen LogP) is 0.283. The molecule has 0 heterocycles. The van der Waals surface area contributed by atoms with Crippen molar-refractivity contribution >= 4 is 11.9 Å². The Labute approximate surface area is 110 Å². The van der Waals surface area contributed by atoms with E-state index in [9.17, 15) is 33.0 Å². The van der Waals surface area contributed by atoms with Gasteiger partial charge < -0.3 is 21.1 Å². The van der Waals surface area contributed by atoms with E-state index in [2.05, 4.69) is 0 Å². The summed E-state index contributed by atoms with van der Waals surface area (Å²) in [5.74, 6) is -3.01. The highest BCUT2D eigenvalue weighted by Crippen LogP contribution is 2.32.